The number of hydrogen-bond acceptors (Lipinski definition) is 0. The van der Waals surface area contributed by atoms with Crippen LogP contribution in [0.4, 0.5) is 0 Å². The summed E-state index contributed by atoms with van der Waals surface area (Å²) in [6.45, 7) is 14.2. The first-order chi connectivity index (χ1) is 4.24. The molecule has 0 N–H and O–H groups in total. The topological polar surface area (TPSA) is 0 Å². The molecule has 0 unspecified atom stereocenters. The Labute approximate surface area is 98.0 Å². The zero-order valence-electron chi connectivity index (χ0n) is 8.39. The first kappa shape index (κ1) is 18.1. The van der Waals surface area contributed by atoms with Crippen LogP contribution in [-0.2, 0) is 0 Å². The molecule has 0 rings (SSSR count). The minimum absolute atomic E-state index is 0. The van der Waals surface area contributed by atoms with Crippen molar-refractivity contribution in [2.45, 2.75) is 27.7 Å². The van der Waals surface area contributed by atoms with Gasteiger partial charge in [0.2, 0.25) is 0 Å². The van der Waals surface area contributed by atoms with Crippen LogP contribution >= 0.6 is 17.0 Å². The second-order valence-corrected chi connectivity index (χ2v) is 2.61. The van der Waals surface area contributed by atoms with Crippen LogP contribution in [0.5, 0.6) is 0 Å². The van der Waals surface area contributed by atoms with E-state index in [1.807, 2.05) is 0 Å². The minimum atomic E-state index is 0. The predicted molar refractivity (Wildman–Crippen MR) is 58.5 cm³/mol. The number of rotatable bonds is 4. The van der Waals surface area contributed by atoms with Gasteiger partial charge >= 0.3 is 23.1 Å². The van der Waals surface area contributed by atoms with E-state index in [1.54, 1.807) is 0 Å². The van der Waals surface area contributed by atoms with Crippen LogP contribution < -0.4 is 0 Å². The SMILES string of the molecule is Br.CC[N+](CC)(CC)CC.[Mg+2]. The maximum absolute atomic E-state index is 2.27. The van der Waals surface area contributed by atoms with Crippen molar-refractivity contribution in [3.63, 3.8) is 0 Å². The van der Waals surface area contributed by atoms with Crippen molar-refractivity contribution in [3.8, 4) is 0 Å². The maximum atomic E-state index is 2.27. The van der Waals surface area contributed by atoms with Gasteiger partial charge in [0.15, 0.2) is 0 Å². The quantitative estimate of drug-likeness (QED) is 0.517. The molecule has 0 radical (unpaired) electrons. The van der Waals surface area contributed by atoms with Gasteiger partial charge in [0, 0.05) is 0 Å². The van der Waals surface area contributed by atoms with Gasteiger partial charge in [0.05, 0.1) is 26.2 Å². The molecule has 3 heteroatoms. The predicted octanol–water partition coefficient (Wildman–Crippen LogP) is 2.08. The van der Waals surface area contributed by atoms with E-state index in [-0.39, 0.29) is 40.0 Å². The first-order valence-corrected chi connectivity index (χ1v) is 4.09. The molecule has 0 aliphatic heterocycles. The summed E-state index contributed by atoms with van der Waals surface area (Å²) in [7, 11) is 0. The summed E-state index contributed by atoms with van der Waals surface area (Å²) in [5, 5.41) is 0. The Morgan fingerprint density at radius 2 is 0.909 bits per heavy atom. The van der Waals surface area contributed by atoms with Crippen LogP contribution in [0, 0.1) is 0 Å². The van der Waals surface area contributed by atoms with E-state index in [0.717, 1.165) is 0 Å². The summed E-state index contributed by atoms with van der Waals surface area (Å²) < 4.78 is 1.28. The summed E-state index contributed by atoms with van der Waals surface area (Å²) in [5.74, 6) is 0. The fourth-order valence-electron chi connectivity index (χ4n) is 1.34. The molecule has 1 nitrogen and oxygen atoms in total. The Morgan fingerprint density at radius 3 is 0.909 bits per heavy atom. The van der Waals surface area contributed by atoms with Gasteiger partial charge in [-0.15, -0.1) is 17.0 Å². The van der Waals surface area contributed by atoms with Crippen molar-refractivity contribution in [3.05, 3.63) is 0 Å². The van der Waals surface area contributed by atoms with E-state index in [9.17, 15) is 0 Å². The van der Waals surface area contributed by atoms with E-state index in [2.05, 4.69) is 27.7 Å². The Balaban J connectivity index is -0.000000320. The summed E-state index contributed by atoms with van der Waals surface area (Å²) in [6.07, 6.45) is 0. The van der Waals surface area contributed by atoms with Gasteiger partial charge in [-0.3, -0.25) is 0 Å². The fourth-order valence-corrected chi connectivity index (χ4v) is 1.34. The minimum Gasteiger partial charge on any atom is -0.325 e. The third-order valence-corrected chi connectivity index (χ3v) is 2.68. The van der Waals surface area contributed by atoms with Crippen molar-refractivity contribution < 1.29 is 4.48 Å². The molecule has 0 fully saturated rings. The number of nitrogens with zero attached hydrogens (tertiary/aromatic N) is 1. The van der Waals surface area contributed by atoms with Gasteiger partial charge in [0.25, 0.3) is 0 Å². The molecule has 0 aliphatic rings. The third kappa shape index (κ3) is 5.45. The molecule has 0 atom stereocenters. The van der Waals surface area contributed by atoms with Crippen molar-refractivity contribution in [1.29, 1.82) is 0 Å². The van der Waals surface area contributed by atoms with Gasteiger partial charge in [0.1, 0.15) is 0 Å². The third-order valence-electron chi connectivity index (χ3n) is 2.68. The first-order valence-electron chi connectivity index (χ1n) is 4.09. The van der Waals surface area contributed by atoms with E-state index in [1.165, 1.54) is 30.7 Å². The van der Waals surface area contributed by atoms with Crippen molar-refractivity contribution in [1.82, 2.24) is 0 Å². The van der Waals surface area contributed by atoms with Crippen LogP contribution in [0.3, 0.4) is 0 Å². The smallest absolute Gasteiger partial charge is 0.325 e. The Kier molecular flexibility index (Phi) is 15.3. The zero-order valence-corrected chi connectivity index (χ0v) is 11.5. The van der Waals surface area contributed by atoms with E-state index in [4.69, 9.17) is 0 Å². The van der Waals surface area contributed by atoms with Gasteiger partial charge in [-0.05, 0) is 27.7 Å². The molecule has 0 saturated heterocycles. The Bertz CT molecular complexity index is 57.0. The summed E-state index contributed by atoms with van der Waals surface area (Å²) in [4.78, 5) is 0. The molecule has 0 aromatic rings. The Morgan fingerprint density at radius 1 is 0.727 bits per heavy atom. The second-order valence-electron chi connectivity index (χ2n) is 2.61. The van der Waals surface area contributed by atoms with Crippen LogP contribution in [0.1, 0.15) is 27.7 Å². The van der Waals surface area contributed by atoms with Gasteiger partial charge < -0.3 is 4.48 Å². The average Bonchev–Trinajstić information content (AvgIpc) is 1.95. The van der Waals surface area contributed by atoms with E-state index < -0.39 is 0 Å². The zero-order chi connectivity index (χ0) is 7.33. The summed E-state index contributed by atoms with van der Waals surface area (Å²) >= 11 is 0. The molecule has 0 spiro atoms. The number of halogens is 1. The molecule has 0 aromatic heterocycles. The molecule has 64 valence electrons. The summed E-state index contributed by atoms with van der Waals surface area (Å²) in [6, 6.07) is 0. The van der Waals surface area contributed by atoms with Gasteiger partial charge in [-0.25, -0.2) is 0 Å². The van der Waals surface area contributed by atoms with E-state index >= 15 is 0 Å². The number of hydrogen-bond donors (Lipinski definition) is 0. The molecule has 11 heavy (non-hydrogen) atoms. The fraction of sp³-hybridized carbons (Fsp3) is 1.00. The van der Waals surface area contributed by atoms with Crippen molar-refractivity contribution in [2.24, 2.45) is 0 Å². The number of quaternary nitrogens is 1. The molecular formula is C8H21BrMgN+3. The van der Waals surface area contributed by atoms with Crippen LogP contribution in [0.2, 0.25) is 0 Å². The molecule has 0 aliphatic carbocycles. The normalized spacial score (nSPS) is 9.82. The Hall–Kier alpha value is 1.21. The van der Waals surface area contributed by atoms with Gasteiger partial charge in [-0.1, -0.05) is 0 Å². The van der Waals surface area contributed by atoms with Gasteiger partial charge in [-0.2, -0.15) is 0 Å². The molecule has 0 bridgehead atoms. The maximum Gasteiger partial charge on any atom is 2.00 e. The van der Waals surface area contributed by atoms with Crippen LogP contribution in [0.25, 0.3) is 0 Å². The summed E-state index contributed by atoms with van der Waals surface area (Å²) in [5.41, 5.74) is 0. The molecular weight excluding hydrogens is 214 g/mol. The molecule has 0 heterocycles. The van der Waals surface area contributed by atoms with Crippen LogP contribution in [0.15, 0.2) is 0 Å². The van der Waals surface area contributed by atoms with E-state index in [0.29, 0.717) is 0 Å². The van der Waals surface area contributed by atoms with Crippen LogP contribution in [-0.4, -0.2) is 53.7 Å². The largest absolute Gasteiger partial charge is 2.00 e. The molecule has 0 saturated carbocycles. The molecule has 0 aromatic carbocycles. The van der Waals surface area contributed by atoms with Crippen molar-refractivity contribution >= 4 is 40.0 Å². The average molecular weight is 235 g/mol. The standard InChI is InChI=1S/C8H20N.BrH.Mg/c1-5-9(6-2,7-3)8-4;;/h5-8H2,1-4H3;1H;/q+1;;+2. The monoisotopic (exact) mass is 234 g/mol. The second kappa shape index (κ2) is 9.30. The molecule has 0 amide bonds. The van der Waals surface area contributed by atoms with Crippen molar-refractivity contribution in [2.75, 3.05) is 26.2 Å².